The van der Waals surface area contributed by atoms with Crippen LogP contribution < -0.4 is 5.32 Å². The Morgan fingerprint density at radius 3 is 2.27 bits per heavy atom. The van der Waals surface area contributed by atoms with E-state index in [0.717, 1.165) is 0 Å². The molecule has 3 unspecified atom stereocenters. The fourth-order valence-electron chi connectivity index (χ4n) is 0.949. The molecule has 0 saturated heterocycles. The van der Waals surface area contributed by atoms with Crippen LogP contribution in [0.4, 0.5) is 0 Å². The van der Waals surface area contributed by atoms with Crippen LogP contribution in [0.2, 0.25) is 0 Å². The van der Waals surface area contributed by atoms with Gasteiger partial charge in [-0.25, -0.2) is 8.42 Å². The molecule has 4 N–H and O–H groups in total. The maximum absolute atomic E-state index is 10.3. The molecule has 0 spiro atoms. The molecule has 0 radical (unpaired) electrons. The second-order valence-corrected chi connectivity index (χ2v) is 4.68. The van der Waals surface area contributed by atoms with Gasteiger partial charge < -0.3 is 19.9 Å². The Morgan fingerprint density at radius 1 is 1.40 bits per heavy atom. The maximum atomic E-state index is 10.3. The van der Waals surface area contributed by atoms with Crippen molar-refractivity contribution < 1.29 is 28.3 Å². The van der Waals surface area contributed by atoms with E-state index in [4.69, 9.17) is 10.2 Å². The molecule has 0 aromatic rings. The van der Waals surface area contributed by atoms with E-state index in [2.05, 4.69) is 5.32 Å². The molecule has 92 valence electrons. The highest BCUT2D eigenvalue weighted by Gasteiger charge is 2.19. The third kappa shape index (κ3) is 6.03. The van der Waals surface area contributed by atoms with Gasteiger partial charge in [-0.05, 0) is 6.42 Å². The monoisotopic (exact) mass is 242 g/mol. The summed E-state index contributed by atoms with van der Waals surface area (Å²) in [6, 6.07) is -0.401. The molecule has 3 atom stereocenters. The van der Waals surface area contributed by atoms with Crippen LogP contribution in [0.3, 0.4) is 0 Å². The van der Waals surface area contributed by atoms with Crippen LogP contribution in [0.5, 0.6) is 0 Å². The summed E-state index contributed by atoms with van der Waals surface area (Å²) in [6.07, 6.45) is -1.45. The Labute approximate surface area is 88.5 Å². The van der Waals surface area contributed by atoms with E-state index >= 15 is 0 Å². The average Bonchev–Trinajstić information content (AvgIpc) is 2.12. The summed E-state index contributed by atoms with van der Waals surface area (Å²) in [5, 5.41) is 29.3. The number of aliphatic hydroxyl groups excluding tert-OH is 3. The first-order valence-electron chi connectivity index (χ1n) is 4.49. The van der Waals surface area contributed by atoms with Crippen molar-refractivity contribution in [1.82, 2.24) is 5.32 Å². The summed E-state index contributed by atoms with van der Waals surface area (Å²) in [6.45, 7) is 1.52. The summed E-state index contributed by atoms with van der Waals surface area (Å²) in [4.78, 5) is 0. The third-order valence-electron chi connectivity index (χ3n) is 1.90. The fourth-order valence-corrected chi connectivity index (χ4v) is 1.37. The van der Waals surface area contributed by atoms with Crippen LogP contribution in [0.1, 0.15) is 19.8 Å². The van der Waals surface area contributed by atoms with E-state index in [-0.39, 0.29) is 6.61 Å². The lowest BCUT2D eigenvalue weighted by atomic mass is 10.2. The zero-order valence-electron chi connectivity index (χ0n) is 8.33. The number of nitrogens with one attached hydrogen (secondary N) is 1. The second kappa shape index (κ2) is 6.36. The van der Waals surface area contributed by atoms with Crippen LogP contribution in [0, 0.1) is 0 Å². The van der Waals surface area contributed by atoms with Gasteiger partial charge in [-0.2, -0.15) is 0 Å². The minimum absolute atomic E-state index is 0.228. The van der Waals surface area contributed by atoms with Crippen molar-refractivity contribution >= 4 is 10.1 Å². The van der Waals surface area contributed by atoms with E-state index in [9.17, 15) is 18.1 Å². The standard InChI is InChI=1S/C7H17NO6S/c1-2-5(4-9)8-6(10)3-7(11)15(12,13)14/h5-11H,2-4H2,1H3,(H,12,13,14)/p-1. The Hall–Kier alpha value is -0.250. The summed E-state index contributed by atoms with van der Waals surface area (Å²) >= 11 is 0. The third-order valence-corrected chi connectivity index (χ3v) is 2.76. The number of rotatable bonds is 7. The zero-order chi connectivity index (χ0) is 12.1. The second-order valence-electron chi connectivity index (χ2n) is 3.15. The molecule has 0 aromatic carbocycles. The van der Waals surface area contributed by atoms with E-state index < -0.39 is 34.2 Å². The number of aliphatic hydroxyl groups is 3. The molecule has 0 aromatic heterocycles. The lowest BCUT2D eigenvalue weighted by Gasteiger charge is -2.22. The molecule has 0 amide bonds. The molecule has 0 aliphatic heterocycles. The highest BCUT2D eigenvalue weighted by molar-refractivity contribution is 7.86. The Balaban J connectivity index is 4.09. The summed E-state index contributed by atoms with van der Waals surface area (Å²) in [5.41, 5.74) is -2.14. The van der Waals surface area contributed by atoms with Crippen molar-refractivity contribution in [2.24, 2.45) is 0 Å². The Morgan fingerprint density at radius 2 is 1.93 bits per heavy atom. The largest absolute Gasteiger partial charge is 0.746 e. The van der Waals surface area contributed by atoms with Crippen molar-refractivity contribution in [2.45, 2.75) is 37.5 Å². The summed E-state index contributed by atoms with van der Waals surface area (Å²) in [5.74, 6) is 0. The van der Waals surface area contributed by atoms with E-state index in [1.807, 2.05) is 0 Å². The molecule has 0 fully saturated rings. The molecule has 0 saturated carbocycles. The molecule has 15 heavy (non-hydrogen) atoms. The van der Waals surface area contributed by atoms with Crippen molar-refractivity contribution in [3.8, 4) is 0 Å². The molecule has 7 nitrogen and oxygen atoms in total. The Bertz CT molecular complexity index is 263. The van der Waals surface area contributed by atoms with Gasteiger partial charge in [0.05, 0.1) is 6.61 Å². The first-order chi connectivity index (χ1) is 6.81. The van der Waals surface area contributed by atoms with E-state index in [1.54, 1.807) is 6.92 Å². The van der Waals surface area contributed by atoms with E-state index in [0.29, 0.717) is 6.42 Å². The van der Waals surface area contributed by atoms with Gasteiger partial charge >= 0.3 is 0 Å². The SMILES string of the molecule is CCC(CO)NC(O)CC(O)S(=O)(=O)[O-]. The fraction of sp³-hybridized carbons (Fsp3) is 1.00. The van der Waals surface area contributed by atoms with Gasteiger partial charge in [0, 0.05) is 12.5 Å². The van der Waals surface area contributed by atoms with Crippen LogP contribution in [-0.4, -0.2) is 52.6 Å². The minimum Gasteiger partial charge on any atom is -0.746 e. The van der Waals surface area contributed by atoms with Crippen LogP contribution in [0.15, 0.2) is 0 Å². The summed E-state index contributed by atoms with van der Waals surface area (Å²) < 4.78 is 30.9. The topological polar surface area (TPSA) is 130 Å². The highest BCUT2D eigenvalue weighted by Crippen LogP contribution is 2.03. The molecular formula is C7H16NO6S-. The molecule has 0 aliphatic rings. The first kappa shape index (κ1) is 14.8. The molecule has 0 rings (SSSR count). The van der Waals surface area contributed by atoms with Gasteiger partial charge in [0.1, 0.15) is 21.8 Å². The quantitative estimate of drug-likeness (QED) is 0.298. The van der Waals surface area contributed by atoms with Crippen LogP contribution >= 0.6 is 0 Å². The average molecular weight is 242 g/mol. The first-order valence-corrected chi connectivity index (χ1v) is 5.96. The van der Waals surface area contributed by atoms with Crippen LogP contribution in [-0.2, 0) is 10.1 Å². The van der Waals surface area contributed by atoms with Gasteiger partial charge in [0.2, 0.25) is 0 Å². The zero-order valence-corrected chi connectivity index (χ0v) is 9.14. The predicted molar refractivity (Wildman–Crippen MR) is 50.6 cm³/mol. The van der Waals surface area contributed by atoms with E-state index in [1.165, 1.54) is 0 Å². The lowest BCUT2D eigenvalue weighted by molar-refractivity contribution is 0.0652. The summed E-state index contributed by atoms with van der Waals surface area (Å²) in [7, 11) is -4.80. The van der Waals surface area contributed by atoms with Gasteiger partial charge in [0.25, 0.3) is 0 Å². The molecule has 0 heterocycles. The number of hydrogen-bond acceptors (Lipinski definition) is 7. The highest BCUT2D eigenvalue weighted by atomic mass is 32.2. The van der Waals surface area contributed by atoms with Crippen LogP contribution in [0.25, 0.3) is 0 Å². The Kier molecular flexibility index (Phi) is 6.25. The number of hydrogen-bond donors (Lipinski definition) is 4. The molecule has 0 aliphatic carbocycles. The minimum atomic E-state index is -4.80. The predicted octanol–water partition coefficient (Wildman–Crippen LogP) is -2.08. The van der Waals surface area contributed by atoms with Gasteiger partial charge in [-0.15, -0.1) is 0 Å². The molecule has 0 bridgehead atoms. The van der Waals surface area contributed by atoms with Crippen molar-refractivity contribution in [3.63, 3.8) is 0 Å². The van der Waals surface area contributed by atoms with Gasteiger partial charge in [-0.1, -0.05) is 6.92 Å². The maximum Gasteiger partial charge on any atom is 0.147 e. The van der Waals surface area contributed by atoms with Gasteiger partial charge in [-0.3, -0.25) is 5.32 Å². The lowest BCUT2D eigenvalue weighted by Crippen LogP contribution is -2.42. The van der Waals surface area contributed by atoms with Crippen molar-refractivity contribution in [1.29, 1.82) is 0 Å². The van der Waals surface area contributed by atoms with Crippen molar-refractivity contribution in [3.05, 3.63) is 0 Å². The normalized spacial score (nSPS) is 18.5. The van der Waals surface area contributed by atoms with Crippen molar-refractivity contribution in [2.75, 3.05) is 6.61 Å². The smallest absolute Gasteiger partial charge is 0.147 e. The molecular weight excluding hydrogens is 226 g/mol. The molecule has 8 heteroatoms. The van der Waals surface area contributed by atoms with Gasteiger partial charge in [0.15, 0.2) is 0 Å².